The van der Waals surface area contributed by atoms with Crippen molar-refractivity contribution in [1.82, 2.24) is 14.8 Å². The van der Waals surface area contributed by atoms with E-state index in [1.54, 1.807) is 30.7 Å². The molecule has 2 aromatic heterocycles. The fourth-order valence-corrected chi connectivity index (χ4v) is 4.19. The highest BCUT2D eigenvalue weighted by Crippen LogP contribution is 2.34. The molecule has 8 nitrogen and oxygen atoms in total. The zero-order valence-electron chi connectivity index (χ0n) is 19.2. The molecule has 0 saturated heterocycles. The van der Waals surface area contributed by atoms with Crippen LogP contribution in [0.2, 0.25) is 0 Å². The Morgan fingerprint density at radius 3 is 2.32 bits per heavy atom. The molecule has 2 aromatic carbocycles. The minimum Gasteiger partial charge on any atom is -0.462 e. The summed E-state index contributed by atoms with van der Waals surface area (Å²) < 4.78 is 6.70. The van der Waals surface area contributed by atoms with Crippen molar-refractivity contribution >= 4 is 34.5 Å². The molecule has 0 spiro atoms. The van der Waals surface area contributed by atoms with Crippen LogP contribution in [0.25, 0.3) is 16.7 Å². The van der Waals surface area contributed by atoms with Crippen LogP contribution in [0.1, 0.15) is 54.8 Å². The Hall–Kier alpha value is -4.33. The number of ether oxygens (including phenoxy) is 1. The van der Waals surface area contributed by atoms with Gasteiger partial charge >= 0.3 is 5.97 Å². The van der Waals surface area contributed by atoms with E-state index < -0.39 is 17.8 Å². The van der Waals surface area contributed by atoms with Gasteiger partial charge in [-0.1, -0.05) is 6.07 Å². The summed E-state index contributed by atoms with van der Waals surface area (Å²) >= 11 is 0. The molecule has 0 N–H and O–H groups in total. The topological polar surface area (TPSA) is 94.4 Å². The van der Waals surface area contributed by atoms with Crippen molar-refractivity contribution in [3.8, 4) is 5.69 Å². The molecule has 0 fully saturated rings. The molecule has 0 aliphatic carbocycles. The lowest BCUT2D eigenvalue weighted by atomic mass is 10.1. The molecule has 5 rings (SSSR count). The van der Waals surface area contributed by atoms with Crippen LogP contribution >= 0.6 is 0 Å². The number of benzene rings is 2. The highest BCUT2D eigenvalue weighted by molar-refractivity contribution is 6.37. The van der Waals surface area contributed by atoms with Gasteiger partial charge in [0.25, 0.3) is 11.8 Å². The first-order valence-electron chi connectivity index (χ1n) is 10.9. The predicted molar refractivity (Wildman–Crippen MR) is 127 cm³/mol. The quantitative estimate of drug-likeness (QED) is 0.337. The van der Waals surface area contributed by atoms with E-state index in [9.17, 15) is 14.4 Å². The van der Waals surface area contributed by atoms with Gasteiger partial charge < -0.3 is 4.74 Å². The maximum Gasteiger partial charge on any atom is 0.338 e. The molecule has 2 amide bonds. The van der Waals surface area contributed by atoms with E-state index in [0.717, 1.165) is 21.7 Å². The third-order valence-electron chi connectivity index (χ3n) is 6.09. The third-order valence-corrected chi connectivity index (χ3v) is 6.09. The lowest BCUT2D eigenvalue weighted by Gasteiger charge is -2.14. The zero-order valence-corrected chi connectivity index (χ0v) is 19.2. The Kier molecular flexibility index (Phi) is 5.01. The summed E-state index contributed by atoms with van der Waals surface area (Å²) in [5.74, 6) is -1.37. The smallest absolute Gasteiger partial charge is 0.338 e. The number of rotatable bonds is 4. The highest BCUT2D eigenvalue weighted by Gasteiger charge is 2.40. The van der Waals surface area contributed by atoms with E-state index in [1.165, 1.54) is 18.3 Å². The first kappa shape index (κ1) is 21.5. The number of aryl methyl sites for hydroxylation is 3. The van der Waals surface area contributed by atoms with E-state index in [2.05, 4.69) is 10.1 Å². The van der Waals surface area contributed by atoms with E-state index in [0.29, 0.717) is 28.0 Å². The van der Waals surface area contributed by atoms with Gasteiger partial charge in [-0.05, 0) is 75.2 Å². The molecule has 0 bridgehead atoms. The fraction of sp³-hybridized carbons (Fsp3) is 0.192. The zero-order chi connectivity index (χ0) is 24.1. The van der Waals surface area contributed by atoms with Crippen molar-refractivity contribution < 1.29 is 19.1 Å². The van der Waals surface area contributed by atoms with Crippen LogP contribution < -0.4 is 4.90 Å². The Labute approximate surface area is 195 Å². The molecule has 1 aliphatic rings. The molecule has 170 valence electrons. The number of nitrogens with zero attached hydrogens (tertiary/aromatic N) is 4. The maximum absolute atomic E-state index is 13.5. The van der Waals surface area contributed by atoms with Crippen LogP contribution in [0.3, 0.4) is 0 Å². The average Bonchev–Trinajstić information content (AvgIpc) is 3.29. The lowest BCUT2D eigenvalue weighted by Crippen LogP contribution is -2.29. The molecule has 3 heterocycles. The molecule has 1 aliphatic heterocycles. The number of imide groups is 1. The Balaban J connectivity index is 1.59. The molecule has 34 heavy (non-hydrogen) atoms. The maximum atomic E-state index is 13.5. The van der Waals surface area contributed by atoms with Crippen LogP contribution in [-0.2, 0) is 4.74 Å². The summed E-state index contributed by atoms with van der Waals surface area (Å²) in [6, 6.07) is 12.2. The number of esters is 1. The van der Waals surface area contributed by atoms with Crippen molar-refractivity contribution in [3.63, 3.8) is 0 Å². The van der Waals surface area contributed by atoms with E-state index in [4.69, 9.17) is 4.74 Å². The van der Waals surface area contributed by atoms with E-state index in [1.807, 2.05) is 32.0 Å². The molecule has 0 saturated carbocycles. The van der Waals surface area contributed by atoms with Crippen molar-refractivity contribution in [1.29, 1.82) is 0 Å². The van der Waals surface area contributed by atoms with Crippen molar-refractivity contribution in [2.24, 2.45) is 0 Å². The second-order valence-electron chi connectivity index (χ2n) is 8.22. The van der Waals surface area contributed by atoms with Crippen LogP contribution in [-0.4, -0.2) is 39.2 Å². The first-order valence-corrected chi connectivity index (χ1v) is 10.9. The summed E-state index contributed by atoms with van der Waals surface area (Å²) in [6.07, 6.45) is 1.43. The Bertz CT molecular complexity index is 1500. The SMILES string of the molecule is CCOC(=O)c1ccc(N2C(=O)c3cnc4c(c(C)nn4-c4ccc(C)c(C)c4)c3C2=O)cc1. The Morgan fingerprint density at radius 1 is 0.941 bits per heavy atom. The molecular formula is C26H22N4O4. The summed E-state index contributed by atoms with van der Waals surface area (Å²) in [4.78, 5) is 44.2. The number of amides is 2. The van der Waals surface area contributed by atoms with Crippen LogP contribution in [0.4, 0.5) is 5.69 Å². The summed E-state index contributed by atoms with van der Waals surface area (Å²) in [5, 5.41) is 5.19. The first-order chi connectivity index (χ1) is 16.3. The number of hydrogen-bond donors (Lipinski definition) is 0. The van der Waals surface area contributed by atoms with Crippen molar-refractivity contribution in [3.05, 3.63) is 82.2 Å². The van der Waals surface area contributed by atoms with Gasteiger partial charge in [-0.15, -0.1) is 0 Å². The van der Waals surface area contributed by atoms with Gasteiger partial charge in [0, 0.05) is 6.20 Å². The highest BCUT2D eigenvalue weighted by atomic mass is 16.5. The molecule has 0 radical (unpaired) electrons. The van der Waals surface area contributed by atoms with E-state index >= 15 is 0 Å². The summed E-state index contributed by atoms with van der Waals surface area (Å²) in [6.45, 7) is 7.85. The van der Waals surface area contributed by atoms with Crippen LogP contribution in [0, 0.1) is 20.8 Å². The standard InChI is InChI=1S/C26H22N4O4/c1-5-34-26(33)17-7-10-18(11-8-17)29-24(31)20-13-27-23-21(22(20)25(29)32)16(4)28-30(23)19-9-6-14(2)15(3)12-19/h6-13H,5H2,1-4H3. The van der Waals surface area contributed by atoms with Gasteiger partial charge in [-0.3, -0.25) is 9.59 Å². The number of carbonyl (C=O) groups is 3. The van der Waals surface area contributed by atoms with E-state index in [-0.39, 0.29) is 17.7 Å². The normalized spacial score (nSPS) is 13.0. The minimum atomic E-state index is -0.461. The van der Waals surface area contributed by atoms with Gasteiger partial charge in [-0.25, -0.2) is 19.4 Å². The van der Waals surface area contributed by atoms with Crippen LogP contribution in [0.15, 0.2) is 48.7 Å². The Morgan fingerprint density at radius 2 is 1.65 bits per heavy atom. The van der Waals surface area contributed by atoms with Crippen LogP contribution in [0.5, 0.6) is 0 Å². The number of fused-ring (bicyclic) bond motifs is 3. The molecule has 0 unspecified atom stereocenters. The minimum absolute atomic E-state index is 0.231. The predicted octanol–water partition coefficient (Wildman–Crippen LogP) is 4.32. The van der Waals surface area contributed by atoms with Gasteiger partial charge in [0.1, 0.15) is 0 Å². The van der Waals surface area contributed by atoms with Gasteiger partial charge in [0.05, 0.1) is 45.8 Å². The van der Waals surface area contributed by atoms with Gasteiger partial charge in [-0.2, -0.15) is 5.10 Å². The summed E-state index contributed by atoms with van der Waals surface area (Å²) in [7, 11) is 0. The monoisotopic (exact) mass is 454 g/mol. The average molecular weight is 454 g/mol. The molecule has 8 heteroatoms. The second kappa shape index (κ2) is 7.91. The second-order valence-corrected chi connectivity index (χ2v) is 8.22. The largest absolute Gasteiger partial charge is 0.462 e. The molecular weight excluding hydrogens is 432 g/mol. The molecule has 4 aromatic rings. The van der Waals surface area contributed by atoms with Gasteiger partial charge in [0.2, 0.25) is 0 Å². The lowest BCUT2D eigenvalue weighted by molar-refractivity contribution is 0.0526. The number of pyridine rings is 1. The number of aromatic nitrogens is 3. The van der Waals surface area contributed by atoms with Gasteiger partial charge in [0.15, 0.2) is 5.65 Å². The third kappa shape index (κ3) is 3.18. The number of anilines is 1. The van der Waals surface area contributed by atoms with Crippen molar-refractivity contribution in [2.75, 3.05) is 11.5 Å². The number of hydrogen-bond acceptors (Lipinski definition) is 6. The number of carbonyl (C=O) groups excluding carboxylic acids is 3. The molecule has 0 atom stereocenters. The van der Waals surface area contributed by atoms with Crippen molar-refractivity contribution in [2.45, 2.75) is 27.7 Å². The summed E-state index contributed by atoms with van der Waals surface area (Å²) in [5.41, 5.74) is 5.46. The fourth-order valence-electron chi connectivity index (χ4n) is 4.19.